The number of amides is 1. The highest BCUT2D eigenvalue weighted by Crippen LogP contribution is 2.46. The van der Waals surface area contributed by atoms with Gasteiger partial charge in [0, 0.05) is 23.7 Å². The zero-order valence-corrected chi connectivity index (χ0v) is 14.1. The van der Waals surface area contributed by atoms with E-state index >= 15 is 0 Å². The number of hydrogen-bond donors (Lipinski definition) is 0. The molecule has 3 nitrogen and oxygen atoms in total. The molecule has 1 amide bonds. The van der Waals surface area contributed by atoms with Gasteiger partial charge in [-0.05, 0) is 45.4 Å². The molecule has 2 saturated carbocycles. The van der Waals surface area contributed by atoms with Crippen molar-refractivity contribution in [2.75, 3.05) is 6.54 Å². The first-order chi connectivity index (χ1) is 10.6. The minimum absolute atomic E-state index is 0.0987. The molecule has 1 spiro atoms. The molecule has 0 atom stereocenters. The molecule has 0 unspecified atom stereocenters. The summed E-state index contributed by atoms with van der Waals surface area (Å²) >= 11 is 0. The number of Topliss-reactive ketones (excluding diaryl/α,β-unsaturated/α-hetero) is 1. The number of allylic oxidation sites excluding steroid dienone is 2. The van der Waals surface area contributed by atoms with Gasteiger partial charge in [0.2, 0.25) is 5.91 Å². The molecule has 122 valence electrons. The molecule has 0 bridgehead atoms. The Hall–Kier alpha value is -1.12. The molecule has 3 heteroatoms. The predicted octanol–water partition coefficient (Wildman–Crippen LogP) is 4.22. The Bertz CT molecular complexity index is 496. The van der Waals surface area contributed by atoms with E-state index in [9.17, 15) is 9.59 Å². The molecule has 0 aromatic carbocycles. The Morgan fingerprint density at radius 2 is 1.82 bits per heavy atom. The van der Waals surface area contributed by atoms with Crippen LogP contribution in [0.2, 0.25) is 0 Å². The first-order valence-electron chi connectivity index (χ1n) is 9.15. The summed E-state index contributed by atoms with van der Waals surface area (Å²) in [6, 6.07) is 0. The van der Waals surface area contributed by atoms with Gasteiger partial charge in [0.1, 0.15) is 0 Å². The van der Waals surface area contributed by atoms with Crippen molar-refractivity contribution >= 4 is 11.7 Å². The van der Waals surface area contributed by atoms with Crippen molar-refractivity contribution in [3.63, 3.8) is 0 Å². The monoisotopic (exact) mass is 303 g/mol. The molecule has 0 aromatic rings. The van der Waals surface area contributed by atoms with E-state index < -0.39 is 0 Å². The van der Waals surface area contributed by atoms with E-state index in [2.05, 4.69) is 6.92 Å². The van der Waals surface area contributed by atoms with Gasteiger partial charge < -0.3 is 4.90 Å². The molecule has 22 heavy (non-hydrogen) atoms. The number of ketones is 1. The lowest BCUT2D eigenvalue weighted by Gasteiger charge is -2.32. The topological polar surface area (TPSA) is 37.4 Å². The van der Waals surface area contributed by atoms with Crippen LogP contribution in [0.25, 0.3) is 0 Å². The lowest BCUT2D eigenvalue weighted by Crippen LogP contribution is -2.36. The third-order valence-electron chi connectivity index (χ3n) is 6.26. The fourth-order valence-electron chi connectivity index (χ4n) is 4.55. The van der Waals surface area contributed by atoms with E-state index in [0.29, 0.717) is 11.7 Å². The van der Waals surface area contributed by atoms with Crippen LogP contribution in [0.15, 0.2) is 11.3 Å². The number of carbonyl (C=O) groups is 2. The number of rotatable bonds is 4. The van der Waals surface area contributed by atoms with Gasteiger partial charge in [-0.2, -0.15) is 0 Å². The Morgan fingerprint density at radius 3 is 2.36 bits per heavy atom. The van der Waals surface area contributed by atoms with Gasteiger partial charge in [0.25, 0.3) is 0 Å². The van der Waals surface area contributed by atoms with Gasteiger partial charge in [0.05, 0.1) is 5.41 Å². The summed E-state index contributed by atoms with van der Waals surface area (Å²) < 4.78 is 0. The van der Waals surface area contributed by atoms with Crippen LogP contribution < -0.4 is 0 Å². The molecular weight excluding hydrogens is 274 g/mol. The zero-order chi connectivity index (χ0) is 15.7. The molecule has 1 aliphatic heterocycles. The second-order valence-electron chi connectivity index (χ2n) is 7.47. The van der Waals surface area contributed by atoms with Gasteiger partial charge in [-0.25, -0.2) is 0 Å². The minimum atomic E-state index is -0.0987. The van der Waals surface area contributed by atoms with E-state index in [1.165, 1.54) is 25.7 Å². The van der Waals surface area contributed by atoms with Crippen LogP contribution >= 0.6 is 0 Å². The highest BCUT2D eigenvalue weighted by Gasteiger charge is 2.47. The average Bonchev–Trinajstić information content (AvgIpc) is 2.77. The van der Waals surface area contributed by atoms with Crippen molar-refractivity contribution in [1.29, 1.82) is 0 Å². The van der Waals surface area contributed by atoms with Crippen molar-refractivity contribution in [3.8, 4) is 0 Å². The maximum atomic E-state index is 13.0. The summed E-state index contributed by atoms with van der Waals surface area (Å²) in [5, 5.41) is 0. The Labute approximate surface area is 134 Å². The molecule has 0 N–H and O–H groups in total. The van der Waals surface area contributed by atoms with Crippen LogP contribution in [0.4, 0.5) is 0 Å². The third-order valence-corrected chi connectivity index (χ3v) is 6.26. The Balaban J connectivity index is 1.81. The van der Waals surface area contributed by atoms with Gasteiger partial charge >= 0.3 is 0 Å². The molecule has 2 aliphatic carbocycles. The fraction of sp³-hybridized carbons (Fsp3) is 0.789. The predicted molar refractivity (Wildman–Crippen MR) is 87.2 cm³/mol. The lowest BCUT2D eigenvalue weighted by atomic mass is 9.73. The van der Waals surface area contributed by atoms with E-state index in [1.54, 1.807) is 0 Å². The van der Waals surface area contributed by atoms with Crippen molar-refractivity contribution in [2.24, 2.45) is 11.3 Å². The van der Waals surface area contributed by atoms with Crippen LogP contribution in [-0.2, 0) is 9.59 Å². The van der Waals surface area contributed by atoms with E-state index in [-0.39, 0.29) is 11.3 Å². The number of nitrogens with zero attached hydrogens (tertiary/aromatic N) is 1. The second-order valence-corrected chi connectivity index (χ2v) is 7.47. The summed E-state index contributed by atoms with van der Waals surface area (Å²) in [6.45, 7) is 4.84. The molecular formula is C19H29NO2. The first-order valence-corrected chi connectivity index (χ1v) is 9.15. The molecule has 0 aromatic heterocycles. The average molecular weight is 303 g/mol. The second kappa shape index (κ2) is 6.17. The molecule has 1 saturated heterocycles. The molecule has 3 rings (SSSR count). The third kappa shape index (κ3) is 2.53. The normalized spacial score (nSPS) is 26.1. The number of hydrogen-bond acceptors (Lipinski definition) is 2. The smallest absolute Gasteiger partial charge is 0.233 e. The highest BCUT2D eigenvalue weighted by molar-refractivity contribution is 5.98. The first kappa shape index (κ1) is 15.8. The van der Waals surface area contributed by atoms with Crippen LogP contribution in [0, 0.1) is 11.3 Å². The van der Waals surface area contributed by atoms with E-state index in [4.69, 9.17) is 0 Å². The maximum Gasteiger partial charge on any atom is 0.233 e. The largest absolute Gasteiger partial charge is 0.315 e. The van der Waals surface area contributed by atoms with Gasteiger partial charge in [-0.15, -0.1) is 0 Å². The van der Waals surface area contributed by atoms with Crippen LogP contribution in [0.1, 0.15) is 78.1 Å². The fourth-order valence-corrected chi connectivity index (χ4v) is 4.55. The number of carbonyl (C=O) groups excluding carboxylic acids is 2. The summed E-state index contributed by atoms with van der Waals surface area (Å²) in [5.41, 5.74) is 1.76. The Kier molecular flexibility index (Phi) is 4.42. The lowest BCUT2D eigenvalue weighted by molar-refractivity contribution is -0.136. The quantitative estimate of drug-likeness (QED) is 0.729. The molecule has 3 fully saturated rings. The van der Waals surface area contributed by atoms with Crippen molar-refractivity contribution < 1.29 is 9.59 Å². The maximum absolute atomic E-state index is 13.0. The van der Waals surface area contributed by atoms with Crippen LogP contribution in [0.3, 0.4) is 0 Å². The van der Waals surface area contributed by atoms with Gasteiger partial charge in [0.15, 0.2) is 5.78 Å². The Morgan fingerprint density at radius 1 is 1.14 bits per heavy atom. The standard InChI is InChI=1S/C19H29NO2/c1-3-16(14(2)17(21)15-8-7-9-15)20-13-12-19(18(20)22)10-5-4-6-11-19/h15H,3-13H2,1-2H3/b16-14+. The summed E-state index contributed by atoms with van der Waals surface area (Å²) in [7, 11) is 0. The van der Waals surface area contributed by atoms with E-state index in [0.717, 1.165) is 56.3 Å². The van der Waals surface area contributed by atoms with Crippen molar-refractivity contribution in [3.05, 3.63) is 11.3 Å². The summed E-state index contributed by atoms with van der Waals surface area (Å²) in [4.78, 5) is 27.6. The SMILES string of the molecule is CC/C(=C(/C)C(=O)C1CCC1)N1CCC2(CCCCC2)C1=O. The van der Waals surface area contributed by atoms with Crippen molar-refractivity contribution in [1.82, 2.24) is 4.90 Å². The summed E-state index contributed by atoms with van der Waals surface area (Å²) in [6.07, 6.45) is 10.8. The van der Waals surface area contributed by atoms with E-state index in [1.807, 2.05) is 11.8 Å². The van der Waals surface area contributed by atoms with Crippen molar-refractivity contribution in [2.45, 2.75) is 78.1 Å². The van der Waals surface area contributed by atoms with Gasteiger partial charge in [-0.3, -0.25) is 9.59 Å². The number of likely N-dealkylation sites (tertiary alicyclic amines) is 1. The molecule has 3 aliphatic rings. The molecule has 0 radical (unpaired) electrons. The summed E-state index contributed by atoms with van der Waals surface area (Å²) in [5.74, 6) is 0.827. The highest BCUT2D eigenvalue weighted by atomic mass is 16.2. The van der Waals surface area contributed by atoms with Gasteiger partial charge in [-0.1, -0.05) is 32.6 Å². The van der Waals surface area contributed by atoms with Crippen LogP contribution in [-0.4, -0.2) is 23.1 Å². The molecule has 1 heterocycles. The zero-order valence-electron chi connectivity index (χ0n) is 14.1. The van der Waals surface area contributed by atoms with Crippen LogP contribution in [0.5, 0.6) is 0 Å². The minimum Gasteiger partial charge on any atom is -0.315 e.